The number of carbonyl (C=O) groups excluding carboxylic acids is 1. The van der Waals surface area contributed by atoms with Crippen LogP contribution in [-0.2, 0) is 0 Å². The molecule has 76 valence electrons. The molecule has 2 nitrogen and oxygen atoms in total. The second kappa shape index (κ2) is 6.92. The predicted molar refractivity (Wildman–Crippen MR) is 62.5 cm³/mol. The molecule has 0 amide bonds. The van der Waals surface area contributed by atoms with E-state index in [2.05, 4.69) is 0 Å². The molecule has 0 spiro atoms. The summed E-state index contributed by atoms with van der Waals surface area (Å²) in [5, 5.41) is 8.62. The van der Waals surface area contributed by atoms with E-state index in [1.165, 1.54) is 21.6 Å². The Morgan fingerprint density at radius 1 is 1.29 bits per heavy atom. The van der Waals surface area contributed by atoms with Crippen LogP contribution in [0.2, 0.25) is 0 Å². The average molecular weight is 228 g/mol. The smallest absolute Gasteiger partial charge is 0.229 e. The molecular weight excluding hydrogens is 216 g/mol. The first kappa shape index (κ1) is 11.6. The van der Waals surface area contributed by atoms with Crippen LogP contribution >= 0.6 is 21.6 Å². The Labute approximate surface area is 91.5 Å². The van der Waals surface area contributed by atoms with Crippen LogP contribution in [0, 0.1) is 0 Å². The fourth-order valence-corrected chi connectivity index (χ4v) is 2.72. The zero-order valence-electron chi connectivity index (χ0n) is 7.68. The Morgan fingerprint density at radius 2 is 2.00 bits per heavy atom. The van der Waals surface area contributed by atoms with Gasteiger partial charge in [-0.2, -0.15) is 0 Å². The molecule has 1 rings (SSSR count). The SMILES string of the molecule is O=C(SSCCCO)c1ccccc1. The van der Waals surface area contributed by atoms with Crippen molar-refractivity contribution in [2.45, 2.75) is 6.42 Å². The number of carbonyl (C=O) groups is 1. The summed E-state index contributed by atoms with van der Waals surface area (Å²) in [6, 6.07) is 9.21. The monoisotopic (exact) mass is 228 g/mol. The number of aliphatic hydroxyl groups excluding tert-OH is 1. The molecule has 1 aromatic rings. The highest BCUT2D eigenvalue weighted by Gasteiger charge is 2.05. The maximum Gasteiger partial charge on any atom is 0.229 e. The van der Waals surface area contributed by atoms with Crippen molar-refractivity contribution < 1.29 is 9.90 Å². The summed E-state index contributed by atoms with van der Waals surface area (Å²) in [7, 11) is 2.72. The second-order valence-electron chi connectivity index (χ2n) is 2.64. The Balaban J connectivity index is 2.29. The summed E-state index contributed by atoms with van der Waals surface area (Å²) in [6.45, 7) is 0.188. The first-order chi connectivity index (χ1) is 6.84. The van der Waals surface area contributed by atoms with E-state index >= 15 is 0 Å². The fraction of sp³-hybridized carbons (Fsp3) is 0.300. The maximum atomic E-state index is 11.5. The highest BCUT2D eigenvalue weighted by molar-refractivity contribution is 8.82. The van der Waals surface area contributed by atoms with Crippen molar-refractivity contribution in [3.63, 3.8) is 0 Å². The quantitative estimate of drug-likeness (QED) is 0.621. The molecule has 0 fully saturated rings. The summed E-state index contributed by atoms with van der Waals surface area (Å²) in [5.41, 5.74) is 0.731. The third kappa shape index (κ3) is 4.17. The number of hydrogen-bond donors (Lipinski definition) is 1. The summed E-state index contributed by atoms with van der Waals surface area (Å²) >= 11 is 0. The van der Waals surface area contributed by atoms with Crippen molar-refractivity contribution in [2.75, 3.05) is 12.4 Å². The number of rotatable bonds is 5. The van der Waals surface area contributed by atoms with Crippen molar-refractivity contribution in [3.05, 3.63) is 35.9 Å². The van der Waals surface area contributed by atoms with E-state index in [-0.39, 0.29) is 11.7 Å². The highest BCUT2D eigenvalue weighted by Crippen LogP contribution is 2.26. The summed E-state index contributed by atoms with van der Waals surface area (Å²) in [6.07, 6.45) is 0.736. The zero-order valence-corrected chi connectivity index (χ0v) is 9.31. The van der Waals surface area contributed by atoms with Gasteiger partial charge in [0, 0.05) is 17.9 Å². The van der Waals surface area contributed by atoms with Gasteiger partial charge in [-0.1, -0.05) is 41.1 Å². The Morgan fingerprint density at radius 3 is 2.64 bits per heavy atom. The van der Waals surface area contributed by atoms with E-state index in [1.54, 1.807) is 0 Å². The van der Waals surface area contributed by atoms with E-state index in [9.17, 15) is 4.79 Å². The molecule has 0 atom stereocenters. The molecule has 0 radical (unpaired) electrons. The van der Waals surface area contributed by atoms with Crippen LogP contribution in [0.3, 0.4) is 0 Å². The van der Waals surface area contributed by atoms with Gasteiger partial charge in [0.1, 0.15) is 0 Å². The molecule has 0 bridgehead atoms. The largest absolute Gasteiger partial charge is 0.396 e. The first-order valence-corrected chi connectivity index (χ1v) is 6.66. The van der Waals surface area contributed by atoms with Crippen LogP contribution in [0.1, 0.15) is 16.8 Å². The molecule has 0 heterocycles. The van der Waals surface area contributed by atoms with Crippen molar-refractivity contribution in [2.24, 2.45) is 0 Å². The molecule has 4 heteroatoms. The third-order valence-electron chi connectivity index (χ3n) is 1.53. The lowest BCUT2D eigenvalue weighted by Crippen LogP contribution is -1.91. The number of aliphatic hydroxyl groups is 1. The molecule has 0 unspecified atom stereocenters. The van der Waals surface area contributed by atoms with Crippen LogP contribution in [0.25, 0.3) is 0 Å². The number of hydrogen-bond acceptors (Lipinski definition) is 4. The minimum Gasteiger partial charge on any atom is -0.396 e. The predicted octanol–water partition coefficient (Wildman–Crippen LogP) is 2.59. The van der Waals surface area contributed by atoms with E-state index in [0.29, 0.717) is 0 Å². The molecule has 1 N–H and O–H groups in total. The second-order valence-corrected chi connectivity index (χ2v) is 5.02. The van der Waals surface area contributed by atoms with Gasteiger partial charge in [0.2, 0.25) is 5.12 Å². The van der Waals surface area contributed by atoms with Crippen LogP contribution in [-0.4, -0.2) is 22.6 Å². The van der Waals surface area contributed by atoms with Gasteiger partial charge in [-0.05, 0) is 17.2 Å². The molecule has 0 aliphatic carbocycles. The van der Waals surface area contributed by atoms with Crippen LogP contribution < -0.4 is 0 Å². The van der Waals surface area contributed by atoms with Gasteiger partial charge in [0.05, 0.1) is 0 Å². The van der Waals surface area contributed by atoms with Gasteiger partial charge >= 0.3 is 0 Å². The third-order valence-corrected chi connectivity index (χ3v) is 3.80. The van der Waals surface area contributed by atoms with Gasteiger partial charge < -0.3 is 5.11 Å². The minimum absolute atomic E-state index is 0.0774. The summed E-state index contributed by atoms with van der Waals surface area (Å²) < 4.78 is 0. The standard InChI is InChI=1S/C10H12O2S2/c11-7-4-8-13-14-10(12)9-5-2-1-3-6-9/h1-3,5-6,11H,4,7-8H2. The molecular formula is C10H12O2S2. The van der Waals surface area contributed by atoms with E-state index < -0.39 is 0 Å². The Bertz CT molecular complexity index is 275. The molecule has 0 saturated heterocycles. The normalized spacial score (nSPS) is 10.1. The fourth-order valence-electron chi connectivity index (χ4n) is 0.841. The lowest BCUT2D eigenvalue weighted by atomic mass is 10.2. The molecule has 1 aromatic carbocycles. The zero-order chi connectivity index (χ0) is 10.2. The molecule has 14 heavy (non-hydrogen) atoms. The Hall–Kier alpha value is -0.450. The van der Waals surface area contributed by atoms with E-state index in [0.717, 1.165) is 17.7 Å². The van der Waals surface area contributed by atoms with Crippen LogP contribution in [0.4, 0.5) is 0 Å². The highest BCUT2D eigenvalue weighted by atomic mass is 33.1. The first-order valence-electron chi connectivity index (χ1n) is 4.34. The summed E-state index contributed by atoms with van der Waals surface area (Å²) in [4.78, 5) is 11.5. The number of benzene rings is 1. The average Bonchev–Trinajstić information content (AvgIpc) is 2.25. The molecule has 0 aliphatic rings. The van der Waals surface area contributed by atoms with E-state index in [4.69, 9.17) is 5.11 Å². The van der Waals surface area contributed by atoms with Gasteiger partial charge in [0.15, 0.2) is 0 Å². The van der Waals surface area contributed by atoms with Gasteiger partial charge in [-0.25, -0.2) is 0 Å². The van der Waals surface area contributed by atoms with Gasteiger partial charge in [-0.15, -0.1) is 0 Å². The Kier molecular flexibility index (Phi) is 5.75. The lowest BCUT2D eigenvalue weighted by Gasteiger charge is -1.98. The van der Waals surface area contributed by atoms with Crippen molar-refractivity contribution >= 4 is 26.7 Å². The van der Waals surface area contributed by atoms with Crippen molar-refractivity contribution in [1.29, 1.82) is 0 Å². The van der Waals surface area contributed by atoms with Crippen LogP contribution in [0.5, 0.6) is 0 Å². The topological polar surface area (TPSA) is 37.3 Å². The van der Waals surface area contributed by atoms with Crippen molar-refractivity contribution in [3.8, 4) is 0 Å². The van der Waals surface area contributed by atoms with Crippen LogP contribution in [0.15, 0.2) is 30.3 Å². The van der Waals surface area contributed by atoms with E-state index in [1.807, 2.05) is 30.3 Å². The lowest BCUT2D eigenvalue weighted by molar-refractivity contribution is 0.109. The van der Waals surface area contributed by atoms with Gasteiger partial charge in [-0.3, -0.25) is 4.79 Å². The molecule has 0 saturated carbocycles. The minimum atomic E-state index is 0.0774. The maximum absolute atomic E-state index is 11.5. The van der Waals surface area contributed by atoms with Gasteiger partial charge in [0.25, 0.3) is 0 Å². The molecule has 0 aromatic heterocycles. The summed E-state index contributed by atoms with van der Waals surface area (Å²) in [5.74, 6) is 0.805. The van der Waals surface area contributed by atoms with Crippen molar-refractivity contribution in [1.82, 2.24) is 0 Å². The molecule has 0 aliphatic heterocycles.